The molecule has 8 nitrogen and oxygen atoms in total. The first-order valence-electron chi connectivity index (χ1n) is 10.5. The van der Waals surface area contributed by atoms with Gasteiger partial charge in [0.1, 0.15) is 5.82 Å². The highest BCUT2D eigenvalue weighted by molar-refractivity contribution is 5.64. The molecule has 3 heterocycles. The fraction of sp³-hybridized carbons (Fsp3) is 0.600. The second-order valence-electron chi connectivity index (χ2n) is 9.03. The van der Waals surface area contributed by atoms with E-state index in [1.165, 1.54) is 10.8 Å². The molecule has 2 aromatic heterocycles. The molecular formula is C20H21F6N5O3. The Labute approximate surface area is 189 Å². The van der Waals surface area contributed by atoms with Crippen LogP contribution < -0.4 is 10.5 Å². The molecule has 0 radical (unpaired) electrons. The van der Waals surface area contributed by atoms with Crippen molar-refractivity contribution in [3.63, 3.8) is 0 Å². The predicted octanol–water partition coefficient (Wildman–Crippen LogP) is 2.99. The van der Waals surface area contributed by atoms with Crippen LogP contribution in [0.4, 0.5) is 32.2 Å². The van der Waals surface area contributed by atoms with E-state index in [2.05, 4.69) is 19.6 Å². The number of morpholine rings is 1. The predicted molar refractivity (Wildman–Crippen MR) is 105 cm³/mol. The topological polar surface area (TPSA) is 98.7 Å². The third-order valence-electron chi connectivity index (χ3n) is 6.86. The van der Waals surface area contributed by atoms with E-state index in [-0.39, 0.29) is 16.8 Å². The van der Waals surface area contributed by atoms with Crippen LogP contribution in [0.5, 0.6) is 5.75 Å². The summed E-state index contributed by atoms with van der Waals surface area (Å²) in [5, 5.41) is 10.0. The molecule has 2 bridgehead atoms. The van der Waals surface area contributed by atoms with Crippen LogP contribution in [0.3, 0.4) is 0 Å². The van der Waals surface area contributed by atoms with Gasteiger partial charge in [0.15, 0.2) is 11.6 Å². The lowest BCUT2D eigenvalue weighted by Gasteiger charge is -2.74. The molecular weight excluding hydrogens is 472 g/mol. The molecule has 0 amide bonds. The molecule has 4 fully saturated rings. The Hall–Kier alpha value is -2.58. The van der Waals surface area contributed by atoms with Gasteiger partial charge in [0.05, 0.1) is 24.4 Å². The Kier molecular flexibility index (Phi) is 5.08. The van der Waals surface area contributed by atoms with Crippen LogP contribution in [0.2, 0.25) is 0 Å². The second kappa shape index (κ2) is 7.46. The number of imidazole rings is 1. The Morgan fingerprint density at radius 2 is 1.74 bits per heavy atom. The number of aliphatic hydroxyl groups excluding tert-OH is 1. The average molecular weight is 493 g/mol. The summed E-state index contributed by atoms with van der Waals surface area (Å²) in [4.78, 5) is 9.89. The van der Waals surface area contributed by atoms with Crippen molar-refractivity contribution in [2.75, 3.05) is 32.0 Å². The number of pyridine rings is 1. The lowest BCUT2D eigenvalue weighted by atomic mass is 9.43. The van der Waals surface area contributed by atoms with E-state index in [1.54, 1.807) is 0 Å². The van der Waals surface area contributed by atoms with E-state index in [1.807, 2.05) is 0 Å². The van der Waals surface area contributed by atoms with Crippen molar-refractivity contribution in [2.24, 2.45) is 0 Å². The zero-order valence-corrected chi connectivity index (χ0v) is 17.7. The number of rotatable bonds is 5. The van der Waals surface area contributed by atoms with E-state index in [0.29, 0.717) is 32.5 Å². The van der Waals surface area contributed by atoms with E-state index in [0.717, 1.165) is 25.4 Å². The van der Waals surface area contributed by atoms with Gasteiger partial charge < -0.3 is 24.9 Å². The molecule has 14 heteroatoms. The minimum Gasteiger partial charge on any atom is -0.402 e. The van der Waals surface area contributed by atoms with Crippen LogP contribution in [0.25, 0.3) is 11.3 Å². The zero-order valence-electron chi connectivity index (χ0n) is 17.7. The molecule has 1 aliphatic heterocycles. The number of anilines is 1. The summed E-state index contributed by atoms with van der Waals surface area (Å²) in [7, 11) is 0. The van der Waals surface area contributed by atoms with Gasteiger partial charge >= 0.3 is 12.5 Å². The average Bonchev–Trinajstić information content (AvgIpc) is 3.11. The Morgan fingerprint density at radius 3 is 2.32 bits per heavy atom. The molecule has 3 N–H and O–H groups in total. The third-order valence-corrected chi connectivity index (χ3v) is 6.86. The zero-order chi connectivity index (χ0) is 24.5. The summed E-state index contributed by atoms with van der Waals surface area (Å²) in [6.45, 7) is 2.66. The first-order valence-corrected chi connectivity index (χ1v) is 10.5. The highest BCUT2D eigenvalue weighted by Gasteiger charge is 2.71. The second-order valence-corrected chi connectivity index (χ2v) is 9.03. The number of hydrogen-bond acceptors (Lipinski definition) is 7. The lowest BCUT2D eigenvalue weighted by molar-refractivity contribution is -0.274. The number of nitrogens with two attached hydrogens (primary N) is 1. The molecule has 2 aromatic rings. The molecule has 0 unspecified atom stereocenters. The van der Waals surface area contributed by atoms with Gasteiger partial charge in [0, 0.05) is 36.6 Å². The molecule has 3 saturated carbocycles. The van der Waals surface area contributed by atoms with Crippen LogP contribution in [0, 0.1) is 0 Å². The largest absolute Gasteiger partial charge is 0.573 e. The van der Waals surface area contributed by atoms with Gasteiger partial charge in [-0.15, -0.1) is 13.2 Å². The molecule has 186 valence electrons. The van der Waals surface area contributed by atoms with Crippen molar-refractivity contribution in [3.05, 3.63) is 24.3 Å². The standard InChI is InChI=1S/C20H21F6N5O3/c21-19(22,23)14(32)16-29-12(11-5-13(15(27)28-6-11)34-20(24,25)26)7-31(16)18-8-17(9-18,10-18)30-1-3-33-4-2-30/h5-7,14,32H,1-4,8-10H2,(H2,27,28)/t14-,17?,18?/m0/s1. The quantitative estimate of drug-likeness (QED) is 0.618. The van der Waals surface area contributed by atoms with Gasteiger partial charge in [0.25, 0.3) is 0 Å². The number of alkyl halides is 6. The minimum absolute atomic E-state index is 0.0303. The monoisotopic (exact) mass is 493 g/mol. The molecule has 1 atom stereocenters. The third kappa shape index (κ3) is 3.77. The van der Waals surface area contributed by atoms with Gasteiger partial charge in [-0.3, -0.25) is 4.90 Å². The summed E-state index contributed by atoms with van der Waals surface area (Å²) < 4.78 is 88.8. The number of nitrogen functional groups attached to an aromatic ring is 1. The maximum atomic E-state index is 13.4. The van der Waals surface area contributed by atoms with Gasteiger partial charge in [-0.25, -0.2) is 9.97 Å². The van der Waals surface area contributed by atoms with E-state index >= 15 is 0 Å². The fourth-order valence-corrected chi connectivity index (χ4v) is 5.37. The molecule has 1 saturated heterocycles. The molecule has 0 aromatic carbocycles. The number of ether oxygens (including phenoxy) is 2. The SMILES string of the molecule is Nc1ncc(-c2cn(C34CC(N5CCOCC5)(C3)C4)c([C@H](O)C(F)(F)F)n2)cc1OC(F)(F)F. The van der Waals surface area contributed by atoms with Crippen LogP contribution in [-0.4, -0.2) is 68.9 Å². The minimum atomic E-state index is -5.04. The van der Waals surface area contributed by atoms with E-state index in [4.69, 9.17) is 10.5 Å². The number of nitrogens with zero attached hydrogens (tertiary/aromatic N) is 4. The highest BCUT2D eigenvalue weighted by atomic mass is 19.4. The van der Waals surface area contributed by atoms with Crippen molar-refractivity contribution in [3.8, 4) is 17.0 Å². The summed E-state index contributed by atoms with van der Waals surface area (Å²) in [5.74, 6) is -1.95. The van der Waals surface area contributed by atoms with Gasteiger partial charge in [-0.1, -0.05) is 0 Å². The Morgan fingerprint density at radius 1 is 1.09 bits per heavy atom. The van der Waals surface area contributed by atoms with Crippen LogP contribution in [-0.2, 0) is 10.3 Å². The lowest BCUT2D eigenvalue weighted by Crippen LogP contribution is -2.79. The van der Waals surface area contributed by atoms with Crippen LogP contribution >= 0.6 is 0 Å². The van der Waals surface area contributed by atoms with E-state index in [9.17, 15) is 31.4 Å². The fourth-order valence-electron chi connectivity index (χ4n) is 5.37. The highest BCUT2D eigenvalue weighted by Crippen LogP contribution is 2.68. The summed E-state index contributed by atoms with van der Waals surface area (Å²) in [5.41, 5.74) is 4.56. The first kappa shape index (κ1) is 23.2. The van der Waals surface area contributed by atoms with Gasteiger partial charge in [-0.2, -0.15) is 13.2 Å². The summed E-state index contributed by atoms with van der Waals surface area (Å²) in [6, 6.07) is 0.906. The number of aromatic nitrogens is 3. The van der Waals surface area contributed by atoms with Crippen molar-refractivity contribution < 1.29 is 40.9 Å². The molecule has 6 rings (SSSR count). The Balaban J connectivity index is 1.48. The number of halogens is 6. The van der Waals surface area contributed by atoms with E-state index < -0.39 is 41.6 Å². The number of hydrogen-bond donors (Lipinski definition) is 2. The van der Waals surface area contributed by atoms with Gasteiger partial charge in [0.2, 0.25) is 6.10 Å². The Bertz CT molecular complexity index is 1080. The van der Waals surface area contributed by atoms with Crippen molar-refractivity contribution >= 4 is 5.82 Å². The maximum Gasteiger partial charge on any atom is 0.573 e. The van der Waals surface area contributed by atoms with Crippen LogP contribution in [0.15, 0.2) is 18.5 Å². The summed E-state index contributed by atoms with van der Waals surface area (Å²) >= 11 is 0. The smallest absolute Gasteiger partial charge is 0.402 e. The van der Waals surface area contributed by atoms with Gasteiger partial charge in [-0.05, 0) is 25.3 Å². The molecule has 3 aliphatic carbocycles. The van der Waals surface area contributed by atoms with Crippen LogP contribution in [0.1, 0.15) is 31.2 Å². The molecule has 4 aliphatic rings. The molecule has 0 spiro atoms. The summed E-state index contributed by atoms with van der Waals surface area (Å²) in [6.07, 6.45) is -8.73. The normalized spacial score (nSPS) is 28.2. The molecule has 34 heavy (non-hydrogen) atoms. The van der Waals surface area contributed by atoms with Crippen molar-refractivity contribution in [1.29, 1.82) is 0 Å². The maximum absolute atomic E-state index is 13.4. The first-order chi connectivity index (χ1) is 15.8. The number of aliphatic hydroxyl groups is 1. The van der Waals surface area contributed by atoms with Crippen molar-refractivity contribution in [2.45, 2.75) is 49.0 Å². The van der Waals surface area contributed by atoms with Crippen molar-refractivity contribution in [1.82, 2.24) is 19.4 Å².